The van der Waals surface area contributed by atoms with Gasteiger partial charge in [0.25, 0.3) is 0 Å². The highest BCUT2D eigenvalue weighted by molar-refractivity contribution is 6.02. The molecule has 3 heteroatoms. The summed E-state index contributed by atoms with van der Waals surface area (Å²) in [5.74, 6) is 0. The SMILES string of the molecule is CCn1cc(C[C@H](NCc2c3ccccc3cc3ccccc23)C(C)(C)O)c2ccccc21. The highest BCUT2D eigenvalue weighted by Crippen LogP contribution is 2.30. The van der Waals surface area contributed by atoms with E-state index in [2.05, 4.69) is 102 Å². The van der Waals surface area contributed by atoms with E-state index in [9.17, 15) is 5.11 Å². The molecule has 0 bridgehead atoms. The van der Waals surface area contributed by atoms with E-state index in [1.165, 1.54) is 43.6 Å². The van der Waals surface area contributed by atoms with Crippen LogP contribution in [0.4, 0.5) is 0 Å². The third kappa shape index (κ3) is 4.15. The number of hydrogen-bond acceptors (Lipinski definition) is 2. The summed E-state index contributed by atoms with van der Waals surface area (Å²) in [5, 5.41) is 21.1. The number of nitrogens with zero attached hydrogens (tertiary/aromatic N) is 1. The molecule has 168 valence electrons. The van der Waals surface area contributed by atoms with Crippen LogP contribution in [0.5, 0.6) is 0 Å². The predicted octanol–water partition coefficient (Wildman–Crippen LogP) is 6.44. The molecule has 1 atom stereocenters. The van der Waals surface area contributed by atoms with Gasteiger partial charge in [0.2, 0.25) is 0 Å². The third-order valence-electron chi connectivity index (χ3n) is 6.90. The minimum atomic E-state index is -0.865. The average molecular weight is 437 g/mol. The molecule has 1 heterocycles. The van der Waals surface area contributed by atoms with Crippen molar-refractivity contribution < 1.29 is 5.11 Å². The van der Waals surface area contributed by atoms with E-state index in [4.69, 9.17) is 0 Å². The molecule has 0 unspecified atom stereocenters. The minimum Gasteiger partial charge on any atom is -0.389 e. The van der Waals surface area contributed by atoms with Gasteiger partial charge in [-0.25, -0.2) is 0 Å². The van der Waals surface area contributed by atoms with E-state index >= 15 is 0 Å². The number of aromatic nitrogens is 1. The van der Waals surface area contributed by atoms with Crippen LogP contribution in [0.3, 0.4) is 0 Å². The zero-order valence-corrected chi connectivity index (χ0v) is 19.7. The van der Waals surface area contributed by atoms with Crippen molar-refractivity contribution in [3.05, 3.63) is 96.2 Å². The Hall–Kier alpha value is -3.14. The number of rotatable bonds is 7. The van der Waals surface area contributed by atoms with Gasteiger partial charge >= 0.3 is 0 Å². The van der Waals surface area contributed by atoms with Gasteiger partial charge in [0.05, 0.1) is 5.60 Å². The predicted molar refractivity (Wildman–Crippen MR) is 140 cm³/mol. The van der Waals surface area contributed by atoms with Crippen molar-refractivity contribution in [3.63, 3.8) is 0 Å². The van der Waals surface area contributed by atoms with Gasteiger partial charge in [-0.15, -0.1) is 0 Å². The number of para-hydroxylation sites is 1. The lowest BCUT2D eigenvalue weighted by Crippen LogP contribution is -2.48. The van der Waals surface area contributed by atoms with Crippen molar-refractivity contribution in [2.45, 2.75) is 51.9 Å². The van der Waals surface area contributed by atoms with E-state index in [1.54, 1.807) is 0 Å². The molecule has 5 rings (SSSR count). The maximum Gasteiger partial charge on any atom is 0.0747 e. The summed E-state index contributed by atoms with van der Waals surface area (Å²) in [6.45, 7) is 7.62. The number of benzene rings is 4. The zero-order valence-electron chi connectivity index (χ0n) is 19.7. The van der Waals surface area contributed by atoms with Crippen LogP contribution in [0.2, 0.25) is 0 Å². The molecule has 5 aromatic rings. The molecule has 0 aliphatic carbocycles. The fourth-order valence-electron chi connectivity index (χ4n) is 5.06. The van der Waals surface area contributed by atoms with Crippen molar-refractivity contribution in [3.8, 4) is 0 Å². The monoisotopic (exact) mass is 436 g/mol. The molecule has 3 nitrogen and oxygen atoms in total. The molecule has 0 aliphatic rings. The maximum atomic E-state index is 11.1. The van der Waals surface area contributed by atoms with Gasteiger partial charge in [-0.05, 0) is 72.0 Å². The fourth-order valence-corrected chi connectivity index (χ4v) is 5.06. The van der Waals surface area contributed by atoms with Crippen molar-refractivity contribution >= 4 is 32.4 Å². The topological polar surface area (TPSA) is 37.2 Å². The van der Waals surface area contributed by atoms with Crippen molar-refractivity contribution in [2.75, 3.05) is 0 Å². The summed E-state index contributed by atoms with van der Waals surface area (Å²) in [6, 6.07) is 27.9. The molecule has 2 N–H and O–H groups in total. The number of hydrogen-bond donors (Lipinski definition) is 2. The average Bonchev–Trinajstić information content (AvgIpc) is 3.18. The Morgan fingerprint density at radius 2 is 1.42 bits per heavy atom. The van der Waals surface area contributed by atoms with Gasteiger partial charge in [0.15, 0.2) is 0 Å². The first-order chi connectivity index (χ1) is 16.0. The van der Waals surface area contributed by atoms with Gasteiger partial charge < -0.3 is 15.0 Å². The molecule has 0 radical (unpaired) electrons. The fraction of sp³-hybridized carbons (Fsp3) is 0.267. The summed E-state index contributed by atoms with van der Waals surface area (Å²) in [6.07, 6.45) is 3.01. The van der Waals surface area contributed by atoms with Crippen LogP contribution in [0.25, 0.3) is 32.4 Å². The summed E-state index contributed by atoms with van der Waals surface area (Å²) in [5.41, 5.74) is 2.95. The lowest BCUT2D eigenvalue weighted by molar-refractivity contribution is 0.0371. The Morgan fingerprint density at radius 1 is 0.848 bits per heavy atom. The molecule has 0 saturated carbocycles. The van der Waals surface area contributed by atoms with Crippen LogP contribution >= 0.6 is 0 Å². The second-order valence-corrected chi connectivity index (χ2v) is 9.55. The van der Waals surface area contributed by atoms with Gasteiger partial charge in [0, 0.05) is 36.2 Å². The summed E-state index contributed by atoms with van der Waals surface area (Å²) in [7, 11) is 0. The van der Waals surface area contributed by atoms with E-state index in [1.807, 2.05) is 13.8 Å². The Bertz CT molecular complexity index is 1370. The highest BCUT2D eigenvalue weighted by Gasteiger charge is 2.28. The van der Waals surface area contributed by atoms with Gasteiger partial charge in [0.1, 0.15) is 0 Å². The van der Waals surface area contributed by atoms with Gasteiger partial charge in [-0.2, -0.15) is 0 Å². The Balaban J connectivity index is 1.51. The van der Waals surface area contributed by atoms with Crippen LogP contribution in [-0.4, -0.2) is 21.3 Å². The van der Waals surface area contributed by atoms with Crippen LogP contribution in [0.1, 0.15) is 31.9 Å². The first kappa shape index (κ1) is 21.7. The van der Waals surface area contributed by atoms with Crippen LogP contribution in [0.15, 0.2) is 85.1 Å². The maximum absolute atomic E-state index is 11.1. The standard InChI is InChI=1S/C30H32N2O/c1-4-32-20-23(26-15-9-10-16-28(26)32)18-29(30(2,3)33)31-19-27-24-13-7-5-11-21(24)17-22-12-6-8-14-25(22)27/h5-17,20,29,31,33H,4,18-19H2,1-3H3/t29-/m0/s1. The molecule has 4 aromatic carbocycles. The van der Waals surface area contributed by atoms with Crippen LogP contribution < -0.4 is 5.32 Å². The third-order valence-corrected chi connectivity index (χ3v) is 6.90. The lowest BCUT2D eigenvalue weighted by Gasteiger charge is -2.31. The van der Waals surface area contributed by atoms with Crippen LogP contribution in [-0.2, 0) is 19.5 Å². The van der Waals surface area contributed by atoms with Crippen molar-refractivity contribution in [2.24, 2.45) is 0 Å². The first-order valence-corrected chi connectivity index (χ1v) is 11.9. The molecular formula is C30H32N2O. The van der Waals surface area contributed by atoms with Crippen molar-refractivity contribution in [1.29, 1.82) is 0 Å². The van der Waals surface area contributed by atoms with E-state index in [0.717, 1.165) is 13.0 Å². The molecule has 0 saturated heterocycles. The van der Waals surface area contributed by atoms with Crippen LogP contribution in [0, 0.1) is 0 Å². The molecule has 33 heavy (non-hydrogen) atoms. The number of fused-ring (bicyclic) bond motifs is 3. The minimum absolute atomic E-state index is 0.0913. The lowest BCUT2D eigenvalue weighted by atomic mass is 9.91. The molecule has 1 aromatic heterocycles. The van der Waals surface area contributed by atoms with E-state index in [-0.39, 0.29) is 6.04 Å². The molecule has 0 fully saturated rings. The zero-order chi connectivity index (χ0) is 23.0. The quantitative estimate of drug-likeness (QED) is 0.288. The highest BCUT2D eigenvalue weighted by atomic mass is 16.3. The summed E-state index contributed by atoms with van der Waals surface area (Å²) < 4.78 is 2.30. The van der Waals surface area contributed by atoms with Crippen molar-refractivity contribution in [1.82, 2.24) is 9.88 Å². The van der Waals surface area contributed by atoms with E-state index in [0.29, 0.717) is 6.54 Å². The molecule has 0 spiro atoms. The Labute approximate surface area is 195 Å². The van der Waals surface area contributed by atoms with E-state index < -0.39 is 5.60 Å². The summed E-state index contributed by atoms with van der Waals surface area (Å²) >= 11 is 0. The number of aryl methyl sites for hydroxylation is 1. The number of aliphatic hydroxyl groups is 1. The molecular weight excluding hydrogens is 404 g/mol. The van der Waals surface area contributed by atoms with Gasteiger partial charge in [-0.1, -0.05) is 66.7 Å². The normalized spacial score (nSPS) is 13.2. The molecule has 0 aliphatic heterocycles. The second kappa shape index (κ2) is 8.66. The second-order valence-electron chi connectivity index (χ2n) is 9.55. The smallest absolute Gasteiger partial charge is 0.0747 e. The molecule has 0 amide bonds. The Morgan fingerprint density at radius 3 is 2.03 bits per heavy atom. The Kier molecular flexibility index (Phi) is 5.69. The first-order valence-electron chi connectivity index (χ1n) is 11.9. The summed E-state index contributed by atoms with van der Waals surface area (Å²) in [4.78, 5) is 0. The largest absolute Gasteiger partial charge is 0.389 e. The van der Waals surface area contributed by atoms with Gasteiger partial charge in [-0.3, -0.25) is 0 Å². The number of nitrogens with one attached hydrogen (secondary N) is 1.